The van der Waals surface area contributed by atoms with E-state index in [9.17, 15) is 4.79 Å². The van der Waals surface area contributed by atoms with Crippen molar-refractivity contribution < 1.29 is 14.6 Å². The summed E-state index contributed by atoms with van der Waals surface area (Å²) in [6.45, 7) is 1.77. The lowest BCUT2D eigenvalue weighted by Crippen LogP contribution is -2.17. The molecule has 0 aromatic carbocycles. The minimum atomic E-state index is -0.901. The standard InChI is InChI=1S/C13H16O3S2/c14-13(15)4-3-11-1-2-12(18-11)9-17-10-5-7-16-8-6-10/h1-4,10H,5-9H2,(H,14,15). The number of thiophene rings is 1. The maximum absolute atomic E-state index is 10.4. The molecule has 3 nitrogen and oxygen atoms in total. The van der Waals surface area contributed by atoms with E-state index < -0.39 is 5.97 Å². The molecule has 2 heterocycles. The molecule has 1 aromatic heterocycles. The number of carboxylic acids is 1. The van der Waals surface area contributed by atoms with Crippen LogP contribution in [0.4, 0.5) is 0 Å². The normalized spacial score (nSPS) is 17.3. The van der Waals surface area contributed by atoms with Crippen molar-refractivity contribution in [1.82, 2.24) is 0 Å². The second-order valence-corrected chi connectivity index (χ2v) is 6.59. The molecule has 5 heteroatoms. The Balaban J connectivity index is 1.80. The average molecular weight is 284 g/mol. The number of thioether (sulfide) groups is 1. The van der Waals surface area contributed by atoms with Crippen molar-refractivity contribution in [2.24, 2.45) is 0 Å². The molecule has 1 saturated heterocycles. The number of carboxylic acid groups (broad SMARTS) is 1. The lowest BCUT2D eigenvalue weighted by molar-refractivity contribution is -0.131. The van der Waals surface area contributed by atoms with Gasteiger partial charge in [0, 0.05) is 40.0 Å². The van der Waals surface area contributed by atoms with Gasteiger partial charge in [-0.15, -0.1) is 11.3 Å². The maximum Gasteiger partial charge on any atom is 0.328 e. The number of rotatable bonds is 5. The molecule has 1 aliphatic heterocycles. The van der Waals surface area contributed by atoms with Gasteiger partial charge in [0.15, 0.2) is 0 Å². The second kappa shape index (κ2) is 6.97. The van der Waals surface area contributed by atoms with Crippen LogP contribution in [0.3, 0.4) is 0 Å². The summed E-state index contributed by atoms with van der Waals surface area (Å²) in [5.41, 5.74) is 0. The topological polar surface area (TPSA) is 46.5 Å². The van der Waals surface area contributed by atoms with E-state index in [0.717, 1.165) is 36.7 Å². The Hall–Kier alpha value is -0.780. The van der Waals surface area contributed by atoms with Gasteiger partial charge in [0.1, 0.15) is 0 Å². The fourth-order valence-electron chi connectivity index (χ4n) is 1.76. The first kappa shape index (κ1) is 13.6. The van der Waals surface area contributed by atoms with E-state index in [1.807, 2.05) is 17.8 Å². The van der Waals surface area contributed by atoms with Crippen LogP contribution in [0.2, 0.25) is 0 Å². The van der Waals surface area contributed by atoms with Crippen LogP contribution in [0.1, 0.15) is 22.6 Å². The fourth-order valence-corrected chi connectivity index (χ4v) is 3.93. The van der Waals surface area contributed by atoms with Gasteiger partial charge < -0.3 is 9.84 Å². The van der Waals surface area contributed by atoms with Crippen LogP contribution in [-0.2, 0) is 15.3 Å². The van der Waals surface area contributed by atoms with Crippen molar-refractivity contribution in [3.05, 3.63) is 28.0 Å². The average Bonchev–Trinajstić information content (AvgIpc) is 2.83. The van der Waals surface area contributed by atoms with Gasteiger partial charge in [-0.3, -0.25) is 0 Å². The van der Waals surface area contributed by atoms with Crippen molar-refractivity contribution in [1.29, 1.82) is 0 Å². The van der Waals surface area contributed by atoms with E-state index in [1.165, 1.54) is 11.0 Å². The van der Waals surface area contributed by atoms with Gasteiger partial charge in [-0.25, -0.2) is 4.79 Å². The number of hydrogen-bond donors (Lipinski definition) is 1. The predicted molar refractivity (Wildman–Crippen MR) is 76.1 cm³/mol. The van der Waals surface area contributed by atoms with Gasteiger partial charge in [-0.2, -0.15) is 11.8 Å². The summed E-state index contributed by atoms with van der Waals surface area (Å²) in [6.07, 6.45) is 5.11. The molecule has 2 rings (SSSR count). The minimum Gasteiger partial charge on any atom is -0.478 e. The van der Waals surface area contributed by atoms with E-state index in [4.69, 9.17) is 9.84 Å². The molecule has 0 bridgehead atoms. The van der Waals surface area contributed by atoms with Crippen LogP contribution in [0, 0.1) is 0 Å². The third-order valence-electron chi connectivity index (χ3n) is 2.70. The van der Waals surface area contributed by atoms with Gasteiger partial charge in [-0.1, -0.05) is 0 Å². The van der Waals surface area contributed by atoms with E-state index in [1.54, 1.807) is 17.4 Å². The molecule has 0 saturated carbocycles. The molecule has 0 atom stereocenters. The highest BCUT2D eigenvalue weighted by atomic mass is 32.2. The number of carbonyl (C=O) groups is 1. The highest BCUT2D eigenvalue weighted by molar-refractivity contribution is 7.99. The molecule has 0 amide bonds. The number of aliphatic carboxylic acids is 1. The molecule has 1 N–H and O–H groups in total. The third-order valence-corrected chi connectivity index (χ3v) is 5.36. The monoisotopic (exact) mass is 284 g/mol. The summed E-state index contributed by atoms with van der Waals surface area (Å²) in [5, 5.41) is 9.26. The SMILES string of the molecule is O=C(O)C=Cc1ccc(CSC2CCOCC2)s1. The molecule has 1 fully saturated rings. The summed E-state index contributed by atoms with van der Waals surface area (Å²) in [6, 6.07) is 4.06. The molecule has 0 spiro atoms. The summed E-state index contributed by atoms with van der Waals surface area (Å²) in [4.78, 5) is 12.7. The summed E-state index contributed by atoms with van der Waals surface area (Å²) < 4.78 is 5.33. The zero-order chi connectivity index (χ0) is 12.8. The van der Waals surface area contributed by atoms with Crippen molar-refractivity contribution in [2.45, 2.75) is 23.8 Å². The molecular weight excluding hydrogens is 268 g/mol. The maximum atomic E-state index is 10.4. The van der Waals surface area contributed by atoms with Gasteiger partial charge in [0.25, 0.3) is 0 Å². The second-order valence-electron chi connectivity index (χ2n) is 4.10. The Morgan fingerprint density at radius 1 is 1.50 bits per heavy atom. The quantitative estimate of drug-likeness (QED) is 0.843. The van der Waals surface area contributed by atoms with Crippen LogP contribution in [0.25, 0.3) is 6.08 Å². The van der Waals surface area contributed by atoms with Crippen molar-refractivity contribution >= 4 is 35.1 Å². The first-order valence-electron chi connectivity index (χ1n) is 5.93. The number of hydrogen-bond acceptors (Lipinski definition) is 4. The van der Waals surface area contributed by atoms with E-state index >= 15 is 0 Å². The largest absolute Gasteiger partial charge is 0.478 e. The fraction of sp³-hybridized carbons (Fsp3) is 0.462. The molecule has 98 valence electrons. The highest BCUT2D eigenvalue weighted by Crippen LogP contribution is 2.28. The van der Waals surface area contributed by atoms with E-state index in [2.05, 4.69) is 6.07 Å². The zero-order valence-corrected chi connectivity index (χ0v) is 11.6. The molecule has 18 heavy (non-hydrogen) atoms. The molecule has 0 unspecified atom stereocenters. The Kier molecular flexibility index (Phi) is 5.28. The first-order chi connectivity index (χ1) is 8.74. The highest BCUT2D eigenvalue weighted by Gasteiger charge is 2.14. The van der Waals surface area contributed by atoms with Crippen LogP contribution >= 0.6 is 23.1 Å². The summed E-state index contributed by atoms with van der Waals surface area (Å²) in [5.74, 6) is 0.109. The van der Waals surface area contributed by atoms with Crippen molar-refractivity contribution in [2.75, 3.05) is 13.2 Å². The Morgan fingerprint density at radius 3 is 3.00 bits per heavy atom. The van der Waals surface area contributed by atoms with Gasteiger partial charge in [-0.05, 0) is 31.1 Å². The van der Waals surface area contributed by atoms with Gasteiger partial charge in [0.2, 0.25) is 0 Å². The minimum absolute atomic E-state index is 0.707. The van der Waals surface area contributed by atoms with Crippen LogP contribution < -0.4 is 0 Å². The predicted octanol–water partition coefficient (Wildman–Crippen LogP) is 3.26. The lowest BCUT2D eigenvalue weighted by Gasteiger charge is -2.20. The smallest absolute Gasteiger partial charge is 0.328 e. The number of ether oxygens (including phenoxy) is 1. The van der Waals surface area contributed by atoms with E-state index in [-0.39, 0.29) is 0 Å². The summed E-state index contributed by atoms with van der Waals surface area (Å²) >= 11 is 3.64. The summed E-state index contributed by atoms with van der Waals surface area (Å²) in [7, 11) is 0. The van der Waals surface area contributed by atoms with Gasteiger partial charge >= 0.3 is 5.97 Å². The lowest BCUT2D eigenvalue weighted by atomic mass is 10.2. The molecular formula is C13H16O3S2. The Morgan fingerprint density at radius 2 is 2.28 bits per heavy atom. The Bertz CT molecular complexity index is 420. The van der Waals surface area contributed by atoms with Crippen molar-refractivity contribution in [3.63, 3.8) is 0 Å². The Labute approximate surface area is 115 Å². The van der Waals surface area contributed by atoms with Crippen LogP contribution in [0.15, 0.2) is 18.2 Å². The molecule has 1 aromatic rings. The molecule has 1 aliphatic rings. The molecule has 0 aliphatic carbocycles. The van der Waals surface area contributed by atoms with Crippen LogP contribution in [0.5, 0.6) is 0 Å². The first-order valence-corrected chi connectivity index (χ1v) is 7.79. The van der Waals surface area contributed by atoms with E-state index in [0.29, 0.717) is 5.25 Å². The van der Waals surface area contributed by atoms with Gasteiger partial charge in [0.05, 0.1) is 0 Å². The zero-order valence-electron chi connectivity index (χ0n) is 10.0. The third kappa shape index (κ3) is 4.48. The van der Waals surface area contributed by atoms with Crippen LogP contribution in [-0.4, -0.2) is 29.5 Å². The van der Waals surface area contributed by atoms with Crippen molar-refractivity contribution in [3.8, 4) is 0 Å². The molecule has 0 radical (unpaired) electrons.